The molecule has 134 valence electrons. The second-order valence-electron chi connectivity index (χ2n) is 6.00. The molecule has 1 aliphatic rings. The monoisotopic (exact) mass is 344 g/mol. The Morgan fingerprint density at radius 1 is 1.29 bits per heavy atom. The lowest BCUT2D eigenvalue weighted by Crippen LogP contribution is -2.30. The van der Waals surface area contributed by atoms with Gasteiger partial charge in [0.25, 0.3) is 0 Å². The van der Waals surface area contributed by atoms with Gasteiger partial charge in [-0.3, -0.25) is 4.99 Å². The fourth-order valence-corrected chi connectivity index (χ4v) is 2.65. The maximum absolute atomic E-state index is 12.1. The number of hydrogen-bond acceptors (Lipinski definition) is 3. The van der Waals surface area contributed by atoms with E-state index in [0.717, 1.165) is 19.5 Å². The third kappa shape index (κ3) is 6.66. The number of rotatable bonds is 5. The van der Waals surface area contributed by atoms with E-state index in [0.29, 0.717) is 18.2 Å². The number of likely N-dealkylation sites (tertiary alicyclic amines) is 1. The number of nitrogens with one attached hydrogen (secondary N) is 1. The highest BCUT2D eigenvalue weighted by Crippen LogP contribution is 2.24. The summed E-state index contributed by atoms with van der Waals surface area (Å²) in [6, 6.07) is 5.37. The number of ether oxygens (including phenoxy) is 1. The molecule has 0 bridgehead atoms. The van der Waals surface area contributed by atoms with Crippen LogP contribution in [-0.2, 0) is 0 Å². The number of aliphatic imine (C=N–C) groups is 1. The van der Waals surface area contributed by atoms with E-state index in [1.807, 2.05) is 0 Å². The topological polar surface area (TPSA) is 62.9 Å². The van der Waals surface area contributed by atoms with Gasteiger partial charge in [0, 0.05) is 12.2 Å². The molecule has 0 unspecified atom stereocenters. The average molecular weight is 344 g/mol. The molecule has 3 N–H and O–H groups in total. The molecule has 0 aliphatic carbocycles. The Morgan fingerprint density at radius 2 is 1.92 bits per heavy atom. The van der Waals surface area contributed by atoms with Crippen molar-refractivity contribution in [3.8, 4) is 5.75 Å². The van der Waals surface area contributed by atoms with E-state index >= 15 is 0 Å². The Kier molecular flexibility index (Phi) is 6.30. The van der Waals surface area contributed by atoms with Crippen molar-refractivity contribution in [1.82, 2.24) is 4.90 Å². The lowest BCUT2D eigenvalue weighted by Gasteiger charge is -2.28. The molecule has 5 nitrogen and oxygen atoms in total. The van der Waals surface area contributed by atoms with Crippen LogP contribution in [0.25, 0.3) is 0 Å². The zero-order valence-electron chi connectivity index (χ0n) is 13.6. The summed E-state index contributed by atoms with van der Waals surface area (Å²) in [7, 11) is 2.13. The summed E-state index contributed by atoms with van der Waals surface area (Å²) in [5.74, 6) is 0.662. The summed E-state index contributed by atoms with van der Waals surface area (Å²) < 4.78 is 40.1. The Bertz CT molecular complexity index is 537. The Morgan fingerprint density at radius 3 is 2.50 bits per heavy atom. The van der Waals surface area contributed by atoms with Crippen LogP contribution in [-0.4, -0.2) is 43.9 Å². The number of benzene rings is 1. The number of guanidine groups is 1. The van der Waals surface area contributed by atoms with E-state index in [1.165, 1.54) is 37.1 Å². The van der Waals surface area contributed by atoms with Gasteiger partial charge in [0.2, 0.25) is 0 Å². The minimum absolute atomic E-state index is 0.257. The van der Waals surface area contributed by atoms with Gasteiger partial charge >= 0.3 is 6.36 Å². The van der Waals surface area contributed by atoms with Crippen LogP contribution in [0.15, 0.2) is 29.3 Å². The first-order valence-electron chi connectivity index (χ1n) is 7.93. The average Bonchev–Trinajstić information content (AvgIpc) is 2.50. The number of alkyl halides is 3. The first kappa shape index (κ1) is 18.4. The molecular formula is C16H23F3N4O. The lowest BCUT2D eigenvalue weighted by molar-refractivity contribution is -0.274. The minimum atomic E-state index is -4.69. The largest absolute Gasteiger partial charge is 0.573 e. The van der Waals surface area contributed by atoms with Gasteiger partial charge < -0.3 is 20.7 Å². The molecular weight excluding hydrogens is 321 g/mol. The highest BCUT2D eigenvalue weighted by Gasteiger charge is 2.30. The van der Waals surface area contributed by atoms with Gasteiger partial charge in [-0.15, -0.1) is 13.2 Å². The molecule has 1 aliphatic heterocycles. The molecule has 1 aromatic rings. The van der Waals surface area contributed by atoms with Crippen LogP contribution in [0, 0.1) is 5.92 Å². The van der Waals surface area contributed by atoms with Gasteiger partial charge in [-0.1, -0.05) is 0 Å². The predicted molar refractivity (Wildman–Crippen MR) is 88.1 cm³/mol. The molecule has 0 aromatic heterocycles. The standard InChI is InChI=1S/C16H23F3N4O/c1-23-10-7-12(8-11-23)6-9-21-15(20)22-13-2-4-14(5-3-13)24-16(17,18)19/h2-5,12H,6-11H2,1H3,(H3,20,21,22). The van der Waals surface area contributed by atoms with Crippen LogP contribution >= 0.6 is 0 Å². The molecule has 24 heavy (non-hydrogen) atoms. The highest BCUT2D eigenvalue weighted by molar-refractivity contribution is 5.92. The summed E-state index contributed by atoms with van der Waals surface area (Å²) in [5.41, 5.74) is 6.36. The van der Waals surface area contributed by atoms with Crippen molar-refractivity contribution in [1.29, 1.82) is 0 Å². The van der Waals surface area contributed by atoms with Crippen LogP contribution in [0.1, 0.15) is 19.3 Å². The van der Waals surface area contributed by atoms with Gasteiger partial charge in [0.1, 0.15) is 5.75 Å². The minimum Gasteiger partial charge on any atom is -0.406 e. The SMILES string of the molecule is CN1CCC(CCN=C(N)Nc2ccc(OC(F)(F)F)cc2)CC1. The second-order valence-corrected chi connectivity index (χ2v) is 6.00. The number of anilines is 1. The van der Waals surface area contributed by atoms with E-state index in [9.17, 15) is 13.2 Å². The molecule has 0 radical (unpaired) electrons. The van der Waals surface area contributed by atoms with Crippen LogP contribution in [0.4, 0.5) is 18.9 Å². The highest BCUT2D eigenvalue weighted by atomic mass is 19.4. The smallest absolute Gasteiger partial charge is 0.406 e. The van der Waals surface area contributed by atoms with Crippen LogP contribution in [0.2, 0.25) is 0 Å². The van der Waals surface area contributed by atoms with Crippen molar-refractivity contribution in [2.45, 2.75) is 25.6 Å². The normalized spacial score (nSPS) is 17.8. The first-order chi connectivity index (χ1) is 11.3. The maximum Gasteiger partial charge on any atom is 0.573 e. The molecule has 2 rings (SSSR count). The number of nitrogens with zero attached hydrogens (tertiary/aromatic N) is 2. The Hall–Kier alpha value is -1.96. The fourth-order valence-electron chi connectivity index (χ4n) is 2.65. The van der Waals surface area contributed by atoms with E-state index in [2.05, 4.69) is 27.0 Å². The molecule has 0 spiro atoms. The molecule has 0 amide bonds. The number of halogens is 3. The van der Waals surface area contributed by atoms with Crippen molar-refractivity contribution >= 4 is 11.6 Å². The van der Waals surface area contributed by atoms with E-state index < -0.39 is 6.36 Å². The van der Waals surface area contributed by atoms with Gasteiger partial charge in [0.05, 0.1) is 0 Å². The van der Waals surface area contributed by atoms with Crippen molar-refractivity contribution in [3.05, 3.63) is 24.3 Å². The molecule has 1 saturated heterocycles. The quantitative estimate of drug-likeness (QED) is 0.637. The number of piperidine rings is 1. The van der Waals surface area contributed by atoms with Crippen molar-refractivity contribution in [3.63, 3.8) is 0 Å². The van der Waals surface area contributed by atoms with Crippen LogP contribution < -0.4 is 15.8 Å². The van der Waals surface area contributed by atoms with Crippen molar-refractivity contribution in [2.75, 3.05) is 32.0 Å². The molecule has 1 fully saturated rings. The van der Waals surface area contributed by atoms with Crippen LogP contribution in [0.3, 0.4) is 0 Å². The second kappa shape index (κ2) is 8.23. The summed E-state index contributed by atoms with van der Waals surface area (Å²) in [6.07, 6.45) is -1.34. The Labute approximate surface area is 139 Å². The number of nitrogens with two attached hydrogens (primary N) is 1. The van der Waals surface area contributed by atoms with Crippen molar-refractivity contribution in [2.24, 2.45) is 16.6 Å². The third-order valence-electron chi connectivity index (χ3n) is 4.02. The fraction of sp³-hybridized carbons (Fsp3) is 0.562. The van der Waals surface area contributed by atoms with E-state index in [1.54, 1.807) is 0 Å². The van der Waals surface area contributed by atoms with Crippen molar-refractivity contribution < 1.29 is 17.9 Å². The van der Waals surface area contributed by atoms with E-state index in [-0.39, 0.29) is 11.7 Å². The molecule has 1 aromatic carbocycles. The third-order valence-corrected chi connectivity index (χ3v) is 4.02. The molecule has 1 heterocycles. The summed E-state index contributed by atoms with van der Waals surface area (Å²) in [5, 5.41) is 2.86. The molecule has 0 saturated carbocycles. The van der Waals surface area contributed by atoms with Gasteiger partial charge in [-0.25, -0.2) is 0 Å². The van der Waals surface area contributed by atoms with Gasteiger partial charge in [0.15, 0.2) is 5.96 Å². The molecule has 8 heteroatoms. The molecule has 0 atom stereocenters. The summed E-state index contributed by atoms with van der Waals surface area (Å²) >= 11 is 0. The number of hydrogen-bond donors (Lipinski definition) is 2. The van der Waals surface area contributed by atoms with E-state index in [4.69, 9.17) is 5.73 Å². The lowest BCUT2D eigenvalue weighted by atomic mass is 9.94. The van der Waals surface area contributed by atoms with Crippen LogP contribution in [0.5, 0.6) is 5.75 Å². The van der Waals surface area contributed by atoms with Gasteiger partial charge in [-0.05, 0) is 69.6 Å². The predicted octanol–water partition coefficient (Wildman–Crippen LogP) is 3.04. The first-order valence-corrected chi connectivity index (χ1v) is 7.93. The Balaban J connectivity index is 1.75. The summed E-state index contributed by atoms with van der Waals surface area (Å²) in [4.78, 5) is 6.59. The zero-order chi connectivity index (χ0) is 17.6. The maximum atomic E-state index is 12.1. The van der Waals surface area contributed by atoms with Gasteiger partial charge in [-0.2, -0.15) is 0 Å². The zero-order valence-corrected chi connectivity index (χ0v) is 13.6. The summed E-state index contributed by atoms with van der Waals surface area (Å²) in [6.45, 7) is 2.88.